The fourth-order valence-electron chi connectivity index (χ4n) is 3.25. The highest BCUT2D eigenvalue weighted by molar-refractivity contribution is 7.88. The van der Waals surface area contributed by atoms with Crippen molar-refractivity contribution in [1.82, 2.24) is 9.29 Å². The van der Waals surface area contributed by atoms with E-state index >= 15 is 0 Å². The Bertz CT molecular complexity index is 1280. The summed E-state index contributed by atoms with van der Waals surface area (Å²) in [6, 6.07) is 16.6. The van der Waals surface area contributed by atoms with E-state index in [4.69, 9.17) is 5.26 Å². The van der Waals surface area contributed by atoms with Crippen LogP contribution in [0, 0.1) is 11.3 Å². The number of hydrogen-bond donors (Lipinski definition) is 2. The molecule has 7 nitrogen and oxygen atoms in total. The maximum Gasteiger partial charge on any atom is 0.248 e. The standard InChI is InChI=1S/C24H24N4O3S/c1-2-15-26-32(30,31)18-19-8-11-21(12-9-19)27-24(29)13-10-20-17-28(16-5-14-25)23-7-4-3-6-22(20)23/h2-4,6-13,17,26H,1,5,15-16,18H2,(H,27,29)/b13-10+. The van der Waals surface area contributed by atoms with E-state index in [0.717, 1.165) is 16.5 Å². The number of anilines is 1. The zero-order chi connectivity index (χ0) is 23.0. The van der Waals surface area contributed by atoms with E-state index in [9.17, 15) is 13.2 Å². The van der Waals surface area contributed by atoms with Crippen molar-refractivity contribution in [1.29, 1.82) is 5.26 Å². The molecule has 0 unspecified atom stereocenters. The fraction of sp³-hybridized carbons (Fsp3) is 0.167. The first-order valence-electron chi connectivity index (χ1n) is 10.0. The van der Waals surface area contributed by atoms with Gasteiger partial charge in [-0.3, -0.25) is 4.79 Å². The second kappa shape index (κ2) is 10.6. The summed E-state index contributed by atoms with van der Waals surface area (Å²) >= 11 is 0. The Morgan fingerprint density at radius 1 is 1.16 bits per heavy atom. The minimum Gasteiger partial charge on any atom is -0.346 e. The third-order valence-electron chi connectivity index (χ3n) is 4.72. The normalized spacial score (nSPS) is 11.5. The van der Waals surface area contributed by atoms with Gasteiger partial charge in [0.05, 0.1) is 18.2 Å². The van der Waals surface area contributed by atoms with Crippen molar-refractivity contribution in [3.63, 3.8) is 0 Å². The smallest absolute Gasteiger partial charge is 0.248 e. The minimum atomic E-state index is -3.43. The van der Waals surface area contributed by atoms with Crippen LogP contribution in [0.1, 0.15) is 17.5 Å². The highest BCUT2D eigenvalue weighted by Gasteiger charge is 2.10. The van der Waals surface area contributed by atoms with E-state index < -0.39 is 10.0 Å². The summed E-state index contributed by atoms with van der Waals surface area (Å²) in [4.78, 5) is 12.4. The Labute approximate surface area is 187 Å². The maximum absolute atomic E-state index is 12.4. The largest absolute Gasteiger partial charge is 0.346 e. The van der Waals surface area contributed by atoms with Gasteiger partial charge in [0.2, 0.25) is 15.9 Å². The van der Waals surface area contributed by atoms with Crippen molar-refractivity contribution in [2.24, 2.45) is 0 Å². The summed E-state index contributed by atoms with van der Waals surface area (Å²) in [5, 5.41) is 12.6. The molecular formula is C24H24N4O3S. The molecule has 0 aliphatic rings. The molecular weight excluding hydrogens is 424 g/mol. The minimum absolute atomic E-state index is 0.148. The molecule has 0 radical (unpaired) electrons. The van der Waals surface area contributed by atoms with Gasteiger partial charge in [0.25, 0.3) is 0 Å². The van der Waals surface area contributed by atoms with Gasteiger partial charge in [0.15, 0.2) is 0 Å². The number of nitrogens with one attached hydrogen (secondary N) is 2. The molecule has 3 rings (SSSR count). The third-order valence-corrected chi connectivity index (χ3v) is 6.04. The van der Waals surface area contributed by atoms with Crippen LogP contribution in [-0.4, -0.2) is 25.4 Å². The number of carbonyl (C=O) groups is 1. The molecule has 1 amide bonds. The third kappa shape index (κ3) is 6.17. The molecule has 32 heavy (non-hydrogen) atoms. The number of carbonyl (C=O) groups excluding carboxylic acids is 1. The van der Waals surface area contributed by atoms with Gasteiger partial charge in [-0.05, 0) is 29.8 Å². The quantitative estimate of drug-likeness (QED) is 0.363. The lowest BCUT2D eigenvalue weighted by molar-refractivity contribution is -0.111. The van der Waals surface area contributed by atoms with Crippen LogP contribution in [0.2, 0.25) is 0 Å². The van der Waals surface area contributed by atoms with Gasteiger partial charge in [0.1, 0.15) is 0 Å². The van der Waals surface area contributed by atoms with E-state index in [0.29, 0.717) is 24.2 Å². The Balaban J connectivity index is 1.66. The zero-order valence-corrected chi connectivity index (χ0v) is 18.3. The number of benzene rings is 2. The number of aromatic nitrogens is 1. The molecule has 0 saturated heterocycles. The molecule has 3 aromatic rings. The number of fused-ring (bicyclic) bond motifs is 1. The number of nitrogens with zero attached hydrogens (tertiary/aromatic N) is 2. The van der Waals surface area contributed by atoms with Crippen molar-refractivity contribution in [3.05, 3.63) is 84.6 Å². The average Bonchev–Trinajstić information content (AvgIpc) is 3.14. The summed E-state index contributed by atoms with van der Waals surface area (Å²) in [6.45, 7) is 4.25. The van der Waals surface area contributed by atoms with Crippen LogP contribution in [0.5, 0.6) is 0 Å². The number of hydrogen-bond acceptors (Lipinski definition) is 4. The van der Waals surface area contributed by atoms with E-state index in [1.165, 1.54) is 12.2 Å². The van der Waals surface area contributed by atoms with E-state index in [-0.39, 0.29) is 18.2 Å². The molecule has 0 saturated carbocycles. The molecule has 8 heteroatoms. The summed E-state index contributed by atoms with van der Waals surface area (Å²) in [5.41, 5.74) is 3.08. The molecule has 0 atom stereocenters. The number of nitriles is 1. The zero-order valence-electron chi connectivity index (χ0n) is 17.5. The molecule has 0 fully saturated rings. The van der Waals surface area contributed by atoms with Crippen molar-refractivity contribution in [3.8, 4) is 6.07 Å². The fourth-order valence-corrected chi connectivity index (χ4v) is 4.36. The molecule has 0 spiro atoms. The number of sulfonamides is 1. The van der Waals surface area contributed by atoms with Crippen LogP contribution >= 0.6 is 0 Å². The number of para-hydroxylation sites is 1. The van der Waals surface area contributed by atoms with Crippen LogP contribution < -0.4 is 10.0 Å². The predicted molar refractivity (Wildman–Crippen MR) is 127 cm³/mol. The van der Waals surface area contributed by atoms with Crippen LogP contribution in [0.4, 0.5) is 5.69 Å². The molecule has 1 aromatic heterocycles. The van der Waals surface area contributed by atoms with Crippen molar-refractivity contribution in [2.45, 2.75) is 18.7 Å². The van der Waals surface area contributed by atoms with E-state index in [2.05, 4.69) is 22.7 Å². The van der Waals surface area contributed by atoms with Gasteiger partial charge in [-0.1, -0.05) is 36.4 Å². The lowest BCUT2D eigenvalue weighted by Crippen LogP contribution is -2.25. The van der Waals surface area contributed by atoms with E-state index in [1.807, 2.05) is 35.0 Å². The number of rotatable bonds is 10. The molecule has 164 valence electrons. The Hall–Kier alpha value is -3.67. The second-order valence-electron chi connectivity index (χ2n) is 7.12. The second-order valence-corrected chi connectivity index (χ2v) is 8.93. The van der Waals surface area contributed by atoms with Gasteiger partial charge < -0.3 is 9.88 Å². The van der Waals surface area contributed by atoms with Crippen molar-refractivity contribution < 1.29 is 13.2 Å². The first kappa shape index (κ1) is 23.0. The topological polar surface area (TPSA) is 104 Å². The van der Waals surface area contributed by atoms with Crippen LogP contribution in [0.15, 0.2) is 73.5 Å². The highest BCUT2D eigenvalue weighted by atomic mass is 32.2. The van der Waals surface area contributed by atoms with Crippen LogP contribution in [0.25, 0.3) is 17.0 Å². The van der Waals surface area contributed by atoms with E-state index in [1.54, 1.807) is 30.3 Å². The average molecular weight is 449 g/mol. The Morgan fingerprint density at radius 2 is 1.91 bits per heavy atom. The molecule has 0 bridgehead atoms. The van der Waals surface area contributed by atoms with Gasteiger partial charge >= 0.3 is 0 Å². The molecule has 0 aliphatic heterocycles. The van der Waals surface area contributed by atoms with Gasteiger partial charge in [0, 0.05) is 47.5 Å². The summed E-state index contributed by atoms with van der Waals surface area (Å²) in [6.07, 6.45) is 7.01. The Morgan fingerprint density at radius 3 is 2.62 bits per heavy atom. The number of amides is 1. The summed E-state index contributed by atoms with van der Waals surface area (Å²) < 4.78 is 28.3. The first-order chi connectivity index (χ1) is 15.4. The summed E-state index contributed by atoms with van der Waals surface area (Å²) in [7, 11) is -3.43. The van der Waals surface area contributed by atoms with Gasteiger partial charge in [-0.15, -0.1) is 6.58 Å². The monoisotopic (exact) mass is 448 g/mol. The molecule has 2 N–H and O–H groups in total. The Kier molecular flexibility index (Phi) is 7.60. The van der Waals surface area contributed by atoms with Gasteiger partial charge in [-0.2, -0.15) is 5.26 Å². The summed E-state index contributed by atoms with van der Waals surface area (Å²) in [5.74, 6) is -0.447. The lowest BCUT2D eigenvalue weighted by atomic mass is 10.1. The molecule has 1 heterocycles. The predicted octanol–water partition coefficient (Wildman–Crippen LogP) is 3.81. The molecule has 2 aromatic carbocycles. The first-order valence-corrected chi connectivity index (χ1v) is 11.7. The number of aryl methyl sites for hydroxylation is 1. The van der Waals surface area contributed by atoms with Crippen molar-refractivity contribution in [2.75, 3.05) is 11.9 Å². The van der Waals surface area contributed by atoms with Gasteiger partial charge in [-0.25, -0.2) is 13.1 Å². The lowest BCUT2D eigenvalue weighted by Gasteiger charge is -2.06. The highest BCUT2D eigenvalue weighted by Crippen LogP contribution is 2.23. The van der Waals surface area contributed by atoms with Crippen LogP contribution in [-0.2, 0) is 27.1 Å². The van der Waals surface area contributed by atoms with Crippen molar-refractivity contribution >= 4 is 38.6 Å². The maximum atomic E-state index is 12.4. The van der Waals surface area contributed by atoms with Crippen LogP contribution in [0.3, 0.4) is 0 Å². The SMILES string of the molecule is C=CCNS(=O)(=O)Cc1ccc(NC(=O)/C=C/c2cn(CCC#N)c3ccccc23)cc1. The molecule has 0 aliphatic carbocycles.